The lowest BCUT2D eigenvalue weighted by Crippen LogP contribution is -2.32. The van der Waals surface area contributed by atoms with Crippen LogP contribution in [0.5, 0.6) is 0 Å². The molecule has 0 saturated carbocycles. The summed E-state index contributed by atoms with van der Waals surface area (Å²) >= 11 is 0. The van der Waals surface area contributed by atoms with Gasteiger partial charge in [-0.1, -0.05) is 13.3 Å². The minimum atomic E-state index is 0.0519. The average molecular weight is 277 g/mol. The maximum Gasteiger partial charge on any atom is 0.0704 e. The van der Waals surface area contributed by atoms with Crippen LogP contribution >= 0.6 is 0 Å². The normalized spacial score (nSPS) is 14.5. The molecule has 0 spiro atoms. The van der Waals surface area contributed by atoms with Crippen molar-refractivity contribution in [3.63, 3.8) is 0 Å². The van der Waals surface area contributed by atoms with E-state index in [2.05, 4.69) is 6.92 Å². The SMILES string of the molecule is CCCCOCCOCCOCCOC(C)[C@H](C)N. The van der Waals surface area contributed by atoms with Gasteiger partial charge in [0.1, 0.15) is 0 Å². The number of hydrogen-bond acceptors (Lipinski definition) is 5. The molecular formula is C14H31NO4. The molecule has 0 aliphatic carbocycles. The predicted molar refractivity (Wildman–Crippen MR) is 76.4 cm³/mol. The summed E-state index contributed by atoms with van der Waals surface area (Å²) in [5.74, 6) is 0. The van der Waals surface area contributed by atoms with Crippen LogP contribution in [0, 0.1) is 0 Å². The third-order valence-electron chi connectivity index (χ3n) is 2.74. The van der Waals surface area contributed by atoms with Crippen molar-refractivity contribution in [2.24, 2.45) is 5.73 Å². The summed E-state index contributed by atoms with van der Waals surface area (Å²) in [5, 5.41) is 0. The van der Waals surface area contributed by atoms with Gasteiger partial charge in [0.25, 0.3) is 0 Å². The van der Waals surface area contributed by atoms with Gasteiger partial charge >= 0.3 is 0 Å². The zero-order valence-corrected chi connectivity index (χ0v) is 12.7. The number of nitrogens with two attached hydrogens (primary N) is 1. The lowest BCUT2D eigenvalue weighted by atomic mass is 10.2. The smallest absolute Gasteiger partial charge is 0.0704 e. The highest BCUT2D eigenvalue weighted by atomic mass is 16.6. The molecule has 5 heteroatoms. The molecule has 0 aromatic rings. The summed E-state index contributed by atoms with van der Waals surface area (Å²) in [5.41, 5.74) is 5.68. The summed E-state index contributed by atoms with van der Waals surface area (Å²) in [7, 11) is 0. The van der Waals surface area contributed by atoms with Crippen LogP contribution in [0.1, 0.15) is 33.6 Å². The van der Waals surface area contributed by atoms with E-state index in [1.807, 2.05) is 13.8 Å². The van der Waals surface area contributed by atoms with Crippen LogP contribution in [0.25, 0.3) is 0 Å². The topological polar surface area (TPSA) is 62.9 Å². The van der Waals surface area contributed by atoms with Crippen molar-refractivity contribution < 1.29 is 18.9 Å². The van der Waals surface area contributed by atoms with Crippen LogP contribution in [0.2, 0.25) is 0 Å². The largest absolute Gasteiger partial charge is 0.379 e. The van der Waals surface area contributed by atoms with Crippen molar-refractivity contribution in [1.29, 1.82) is 0 Å². The second-order valence-corrected chi connectivity index (χ2v) is 4.63. The highest BCUT2D eigenvalue weighted by molar-refractivity contribution is 4.61. The fourth-order valence-corrected chi connectivity index (χ4v) is 1.23. The Morgan fingerprint density at radius 2 is 1.26 bits per heavy atom. The average Bonchev–Trinajstić information content (AvgIpc) is 2.39. The first kappa shape index (κ1) is 18.8. The molecule has 0 saturated heterocycles. The number of ether oxygens (including phenoxy) is 4. The molecule has 0 aliphatic rings. The molecule has 2 N–H and O–H groups in total. The number of unbranched alkanes of at least 4 members (excludes halogenated alkanes) is 1. The van der Waals surface area contributed by atoms with Crippen LogP contribution in [0.3, 0.4) is 0 Å². The second kappa shape index (κ2) is 14.2. The van der Waals surface area contributed by atoms with Crippen molar-refractivity contribution in [3.05, 3.63) is 0 Å². The molecular weight excluding hydrogens is 246 g/mol. The maximum atomic E-state index is 5.68. The summed E-state index contributed by atoms with van der Waals surface area (Å²) in [6.45, 7) is 10.5. The van der Waals surface area contributed by atoms with Gasteiger partial charge in [0.2, 0.25) is 0 Å². The predicted octanol–water partition coefficient (Wildman–Crippen LogP) is 1.59. The lowest BCUT2D eigenvalue weighted by Gasteiger charge is -2.16. The number of hydrogen-bond donors (Lipinski definition) is 1. The zero-order chi connectivity index (χ0) is 14.3. The van der Waals surface area contributed by atoms with Crippen LogP contribution in [-0.2, 0) is 18.9 Å². The summed E-state index contributed by atoms with van der Waals surface area (Å²) < 4.78 is 21.6. The van der Waals surface area contributed by atoms with Gasteiger partial charge in [-0.3, -0.25) is 0 Å². The Kier molecular flexibility index (Phi) is 14.1. The quantitative estimate of drug-likeness (QED) is 0.489. The Labute approximate surface area is 117 Å². The van der Waals surface area contributed by atoms with Crippen molar-refractivity contribution in [2.45, 2.75) is 45.8 Å². The van der Waals surface area contributed by atoms with E-state index in [4.69, 9.17) is 24.7 Å². The van der Waals surface area contributed by atoms with Gasteiger partial charge in [-0.05, 0) is 20.3 Å². The van der Waals surface area contributed by atoms with Crippen molar-refractivity contribution >= 4 is 0 Å². The van der Waals surface area contributed by atoms with E-state index >= 15 is 0 Å². The molecule has 0 aliphatic heterocycles. The highest BCUT2D eigenvalue weighted by Crippen LogP contribution is 1.94. The molecule has 19 heavy (non-hydrogen) atoms. The van der Waals surface area contributed by atoms with E-state index in [9.17, 15) is 0 Å². The molecule has 1 unspecified atom stereocenters. The second-order valence-electron chi connectivity index (χ2n) is 4.63. The standard InChI is InChI=1S/C14H31NO4/c1-4-5-6-16-7-8-17-9-10-18-11-12-19-14(3)13(2)15/h13-14H,4-12,15H2,1-3H3/t13-,14?/m0/s1. The first-order valence-electron chi connectivity index (χ1n) is 7.28. The first-order valence-corrected chi connectivity index (χ1v) is 7.28. The minimum Gasteiger partial charge on any atom is -0.379 e. The molecule has 0 rings (SSSR count). The molecule has 0 bridgehead atoms. The van der Waals surface area contributed by atoms with E-state index in [0.29, 0.717) is 39.6 Å². The van der Waals surface area contributed by atoms with Gasteiger partial charge < -0.3 is 24.7 Å². The fourth-order valence-electron chi connectivity index (χ4n) is 1.23. The summed E-state index contributed by atoms with van der Waals surface area (Å²) in [6.07, 6.45) is 2.35. The van der Waals surface area contributed by atoms with Gasteiger partial charge in [-0.15, -0.1) is 0 Å². The van der Waals surface area contributed by atoms with Crippen molar-refractivity contribution in [2.75, 3.05) is 46.2 Å². The maximum absolute atomic E-state index is 5.68. The van der Waals surface area contributed by atoms with E-state index < -0.39 is 0 Å². The van der Waals surface area contributed by atoms with E-state index in [1.165, 1.54) is 0 Å². The van der Waals surface area contributed by atoms with Gasteiger partial charge in [-0.2, -0.15) is 0 Å². The van der Waals surface area contributed by atoms with Crippen molar-refractivity contribution in [1.82, 2.24) is 0 Å². The molecule has 0 fully saturated rings. The molecule has 116 valence electrons. The monoisotopic (exact) mass is 277 g/mol. The third kappa shape index (κ3) is 14.0. The first-order chi connectivity index (χ1) is 9.18. The lowest BCUT2D eigenvalue weighted by molar-refractivity contribution is -0.0187. The Bertz CT molecular complexity index is 179. The fraction of sp³-hybridized carbons (Fsp3) is 1.00. The number of rotatable bonds is 14. The van der Waals surface area contributed by atoms with E-state index in [-0.39, 0.29) is 12.1 Å². The molecule has 5 nitrogen and oxygen atoms in total. The molecule has 0 aromatic carbocycles. The van der Waals surface area contributed by atoms with Gasteiger partial charge in [0, 0.05) is 12.6 Å². The Morgan fingerprint density at radius 1 is 0.789 bits per heavy atom. The molecule has 0 amide bonds. The Balaban J connectivity index is 3.03. The van der Waals surface area contributed by atoms with Gasteiger partial charge in [0.05, 0.1) is 45.7 Å². The van der Waals surface area contributed by atoms with E-state index in [1.54, 1.807) is 0 Å². The zero-order valence-electron chi connectivity index (χ0n) is 12.7. The highest BCUT2D eigenvalue weighted by Gasteiger charge is 2.06. The molecule has 2 atom stereocenters. The Morgan fingerprint density at radius 3 is 1.74 bits per heavy atom. The summed E-state index contributed by atoms with van der Waals surface area (Å²) in [6, 6.07) is 0.0519. The Hall–Kier alpha value is -0.200. The molecule has 0 radical (unpaired) electrons. The minimum absolute atomic E-state index is 0.0519. The third-order valence-corrected chi connectivity index (χ3v) is 2.74. The van der Waals surface area contributed by atoms with Crippen LogP contribution < -0.4 is 5.73 Å². The van der Waals surface area contributed by atoms with Crippen molar-refractivity contribution in [3.8, 4) is 0 Å². The van der Waals surface area contributed by atoms with Gasteiger partial charge in [-0.25, -0.2) is 0 Å². The van der Waals surface area contributed by atoms with Crippen LogP contribution in [-0.4, -0.2) is 58.4 Å². The molecule has 0 aromatic heterocycles. The molecule has 0 heterocycles. The van der Waals surface area contributed by atoms with Crippen LogP contribution in [0.4, 0.5) is 0 Å². The van der Waals surface area contributed by atoms with Crippen LogP contribution in [0.15, 0.2) is 0 Å². The summed E-state index contributed by atoms with van der Waals surface area (Å²) in [4.78, 5) is 0. The van der Waals surface area contributed by atoms with Gasteiger partial charge in [0.15, 0.2) is 0 Å². The van der Waals surface area contributed by atoms with E-state index in [0.717, 1.165) is 19.4 Å².